The summed E-state index contributed by atoms with van der Waals surface area (Å²) in [6.07, 6.45) is 8.00. The Morgan fingerprint density at radius 2 is 1.67 bits per heavy atom. The zero-order valence-corrected chi connectivity index (χ0v) is 16.6. The Morgan fingerprint density at radius 1 is 0.900 bits per heavy atom. The lowest BCUT2D eigenvalue weighted by atomic mass is 10.2. The summed E-state index contributed by atoms with van der Waals surface area (Å²) in [6, 6.07) is 18.1. The maximum Gasteiger partial charge on any atom is 0.248 e. The number of fused-ring (bicyclic) bond motifs is 1. The van der Waals surface area contributed by atoms with E-state index in [0.717, 1.165) is 16.5 Å². The summed E-state index contributed by atoms with van der Waals surface area (Å²) >= 11 is 0. The zero-order chi connectivity index (χ0) is 21.0. The van der Waals surface area contributed by atoms with Crippen LogP contribution < -0.4 is 5.32 Å². The van der Waals surface area contributed by atoms with Gasteiger partial charge in [-0.2, -0.15) is 0 Å². The zero-order valence-electron chi connectivity index (χ0n) is 15.8. The molecule has 0 saturated heterocycles. The Labute approximate surface area is 173 Å². The van der Waals surface area contributed by atoms with Gasteiger partial charge in [0.05, 0.1) is 15.3 Å². The van der Waals surface area contributed by atoms with E-state index in [0.29, 0.717) is 5.69 Å². The maximum atomic E-state index is 12.9. The molecule has 4 rings (SSSR count). The largest absolute Gasteiger partial charge is 0.323 e. The van der Waals surface area contributed by atoms with E-state index >= 15 is 0 Å². The van der Waals surface area contributed by atoms with Crippen molar-refractivity contribution in [3.05, 3.63) is 97.0 Å². The van der Waals surface area contributed by atoms with E-state index in [2.05, 4.69) is 15.3 Å². The van der Waals surface area contributed by atoms with Crippen LogP contribution in [0.15, 0.2) is 101 Å². The van der Waals surface area contributed by atoms with Gasteiger partial charge >= 0.3 is 0 Å². The first-order chi connectivity index (χ1) is 14.5. The molecular weight excluding hydrogens is 398 g/mol. The smallest absolute Gasteiger partial charge is 0.248 e. The molecule has 0 radical (unpaired) electrons. The van der Waals surface area contributed by atoms with Crippen molar-refractivity contribution in [2.45, 2.75) is 9.79 Å². The monoisotopic (exact) mass is 415 g/mol. The minimum atomic E-state index is -3.68. The van der Waals surface area contributed by atoms with Crippen molar-refractivity contribution >= 4 is 38.4 Å². The molecule has 4 aromatic rings. The van der Waals surface area contributed by atoms with Gasteiger partial charge in [0.15, 0.2) is 0 Å². The van der Waals surface area contributed by atoms with Crippen molar-refractivity contribution in [1.29, 1.82) is 0 Å². The number of amides is 1. The van der Waals surface area contributed by atoms with Crippen molar-refractivity contribution in [1.82, 2.24) is 9.97 Å². The first-order valence-electron chi connectivity index (χ1n) is 9.11. The lowest BCUT2D eigenvalue weighted by molar-refractivity contribution is -0.111. The van der Waals surface area contributed by atoms with E-state index < -0.39 is 9.84 Å². The molecule has 0 saturated carbocycles. The van der Waals surface area contributed by atoms with Crippen LogP contribution in [0.25, 0.3) is 17.0 Å². The molecule has 148 valence electrons. The van der Waals surface area contributed by atoms with Crippen LogP contribution in [0.3, 0.4) is 0 Å². The summed E-state index contributed by atoms with van der Waals surface area (Å²) in [6.45, 7) is 0. The van der Waals surface area contributed by atoms with Gasteiger partial charge in [-0.1, -0.05) is 12.1 Å². The molecule has 0 fully saturated rings. The molecule has 0 spiro atoms. The van der Waals surface area contributed by atoms with Gasteiger partial charge in [-0.15, -0.1) is 0 Å². The fourth-order valence-electron chi connectivity index (χ4n) is 2.90. The minimum absolute atomic E-state index is 0.148. The third kappa shape index (κ3) is 4.26. The maximum absolute atomic E-state index is 12.9. The van der Waals surface area contributed by atoms with Gasteiger partial charge in [0.2, 0.25) is 15.7 Å². The summed E-state index contributed by atoms with van der Waals surface area (Å²) in [5.41, 5.74) is 2.03. The average molecular weight is 415 g/mol. The summed E-state index contributed by atoms with van der Waals surface area (Å²) in [5, 5.41) is 3.46. The number of hydrogen-bond acceptors (Lipinski definition) is 5. The quantitative estimate of drug-likeness (QED) is 0.496. The number of sulfone groups is 1. The topological polar surface area (TPSA) is 89.0 Å². The van der Waals surface area contributed by atoms with Crippen molar-refractivity contribution in [2.75, 3.05) is 5.32 Å². The summed E-state index contributed by atoms with van der Waals surface area (Å²) < 4.78 is 25.9. The SMILES string of the molecule is O=C(/C=C/c1cccnc1)Nc1ccc(S(=O)(=O)c2ccc3ncccc3c2)cc1. The molecule has 2 heterocycles. The Bertz CT molecular complexity index is 1330. The second-order valence-corrected chi connectivity index (χ2v) is 8.44. The second kappa shape index (κ2) is 8.26. The molecule has 0 unspecified atom stereocenters. The number of benzene rings is 2. The standard InChI is InChI=1S/C23H17N3O3S/c27-23(12-5-17-3-1-13-24-16-17)26-19-6-8-20(9-7-19)30(28,29)21-10-11-22-18(15-21)4-2-14-25-22/h1-16H,(H,26,27)/b12-5+. The lowest BCUT2D eigenvalue weighted by Crippen LogP contribution is -2.08. The minimum Gasteiger partial charge on any atom is -0.323 e. The normalized spacial score (nSPS) is 11.6. The van der Waals surface area contributed by atoms with E-state index in [9.17, 15) is 13.2 Å². The molecule has 2 aromatic heterocycles. The first-order valence-corrected chi connectivity index (χ1v) is 10.6. The predicted octanol–water partition coefficient (Wildman–Crippen LogP) is 4.11. The van der Waals surface area contributed by atoms with Gasteiger partial charge in [-0.3, -0.25) is 14.8 Å². The first kappa shape index (κ1) is 19.5. The molecule has 0 aliphatic heterocycles. The van der Waals surface area contributed by atoms with Crippen molar-refractivity contribution in [3.63, 3.8) is 0 Å². The average Bonchev–Trinajstić information content (AvgIpc) is 2.78. The molecule has 6 nitrogen and oxygen atoms in total. The van der Waals surface area contributed by atoms with E-state index in [1.807, 2.05) is 12.1 Å². The molecule has 7 heteroatoms. The molecule has 1 N–H and O–H groups in total. The van der Waals surface area contributed by atoms with Crippen LogP contribution in [0.4, 0.5) is 5.69 Å². The van der Waals surface area contributed by atoms with E-state index in [1.54, 1.807) is 67.1 Å². The fraction of sp³-hybridized carbons (Fsp3) is 0. The number of hydrogen-bond donors (Lipinski definition) is 1. The van der Waals surface area contributed by atoms with Gasteiger partial charge in [-0.05, 0) is 66.2 Å². The number of pyridine rings is 2. The highest BCUT2D eigenvalue weighted by Crippen LogP contribution is 2.25. The second-order valence-electron chi connectivity index (χ2n) is 6.49. The van der Waals surface area contributed by atoms with Crippen LogP contribution in [0.5, 0.6) is 0 Å². The van der Waals surface area contributed by atoms with Crippen molar-refractivity contribution in [3.8, 4) is 0 Å². The number of nitrogens with zero attached hydrogens (tertiary/aromatic N) is 2. The molecule has 2 aromatic carbocycles. The van der Waals surface area contributed by atoms with Gasteiger partial charge in [-0.25, -0.2) is 8.42 Å². The Kier molecular flexibility index (Phi) is 5.36. The number of nitrogens with one attached hydrogen (secondary N) is 1. The third-order valence-electron chi connectivity index (χ3n) is 4.43. The Hall–Kier alpha value is -3.84. The molecule has 1 amide bonds. The third-order valence-corrected chi connectivity index (χ3v) is 6.20. The van der Waals surface area contributed by atoms with Crippen LogP contribution in [0.2, 0.25) is 0 Å². The highest BCUT2D eigenvalue weighted by atomic mass is 32.2. The van der Waals surface area contributed by atoms with Crippen LogP contribution in [-0.4, -0.2) is 24.3 Å². The van der Waals surface area contributed by atoms with E-state index in [4.69, 9.17) is 0 Å². The number of carbonyl (C=O) groups is 1. The van der Waals surface area contributed by atoms with Crippen molar-refractivity contribution in [2.24, 2.45) is 0 Å². The van der Waals surface area contributed by atoms with Crippen LogP contribution in [0.1, 0.15) is 5.56 Å². The Balaban J connectivity index is 1.50. The van der Waals surface area contributed by atoms with Gasteiger partial charge in [0, 0.05) is 35.7 Å². The fourth-order valence-corrected chi connectivity index (χ4v) is 4.20. The molecule has 0 aliphatic rings. The van der Waals surface area contributed by atoms with Crippen LogP contribution >= 0.6 is 0 Å². The molecule has 0 atom stereocenters. The summed E-state index contributed by atoms with van der Waals surface area (Å²) in [5.74, 6) is -0.323. The molecular formula is C23H17N3O3S. The molecule has 0 aliphatic carbocycles. The Morgan fingerprint density at radius 3 is 2.43 bits per heavy atom. The van der Waals surface area contributed by atoms with Crippen molar-refractivity contribution < 1.29 is 13.2 Å². The van der Waals surface area contributed by atoms with Crippen LogP contribution in [-0.2, 0) is 14.6 Å². The molecule has 0 bridgehead atoms. The van der Waals surface area contributed by atoms with E-state index in [1.165, 1.54) is 18.2 Å². The highest BCUT2D eigenvalue weighted by molar-refractivity contribution is 7.91. The highest BCUT2D eigenvalue weighted by Gasteiger charge is 2.18. The summed E-state index contributed by atoms with van der Waals surface area (Å²) in [7, 11) is -3.68. The van der Waals surface area contributed by atoms with Crippen LogP contribution in [0, 0.1) is 0 Å². The molecule has 30 heavy (non-hydrogen) atoms. The van der Waals surface area contributed by atoms with Gasteiger partial charge in [0.25, 0.3) is 0 Å². The number of anilines is 1. The van der Waals surface area contributed by atoms with E-state index in [-0.39, 0.29) is 15.7 Å². The predicted molar refractivity (Wildman–Crippen MR) is 116 cm³/mol. The number of aromatic nitrogens is 2. The van der Waals surface area contributed by atoms with Gasteiger partial charge < -0.3 is 5.32 Å². The summed E-state index contributed by atoms with van der Waals surface area (Å²) in [4.78, 5) is 20.6. The van der Waals surface area contributed by atoms with Gasteiger partial charge in [0.1, 0.15) is 0 Å². The number of rotatable bonds is 5. The lowest BCUT2D eigenvalue weighted by Gasteiger charge is -2.07. The number of carbonyl (C=O) groups excluding carboxylic acids is 1.